The lowest BCUT2D eigenvalue weighted by Gasteiger charge is -2.21. The van der Waals surface area contributed by atoms with Gasteiger partial charge in [-0.25, -0.2) is 9.97 Å². The molecule has 0 spiro atoms. The number of rotatable bonds is 5. The SMILES string of the molecule is COc1ccc(CNc2cc(NC(C)(C)C)nc(C)n2)cc1. The molecule has 22 heavy (non-hydrogen) atoms. The molecule has 0 atom stereocenters. The predicted molar refractivity (Wildman–Crippen MR) is 90.5 cm³/mol. The average Bonchev–Trinajstić information content (AvgIpc) is 2.43. The molecule has 0 aliphatic heterocycles. The number of hydrogen-bond acceptors (Lipinski definition) is 5. The van der Waals surface area contributed by atoms with E-state index in [1.54, 1.807) is 7.11 Å². The summed E-state index contributed by atoms with van der Waals surface area (Å²) in [5.41, 5.74) is 1.14. The quantitative estimate of drug-likeness (QED) is 0.883. The van der Waals surface area contributed by atoms with Gasteiger partial charge in [0.15, 0.2) is 0 Å². The van der Waals surface area contributed by atoms with E-state index in [2.05, 4.69) is 41.4 Å². The molecule has 2 aromatic rings. The first-order chi connectivity index (χ1) is 10.4. The second kappa shape index (κ2) is 6.64. The van der Waals surface area contributed by atoms with E-state index < -0.39 is 0 Å². The fourth-order valence-corrected chi connectivity index (χ4v) is 2.04. The van der Waals surface area contributed by atoms with Crippen LogP contribution in [-0.4, -0.2) is 22.6 Å². The summed E-state index contributed by atoms with van der Waals surface area (Å²) >= 11 is 0. The molecule has 5 nitrogen and oxygen atoms in total. The van der Waals surface area contributed by atoms with Crippen molar-refractivity contribution in [3.63, 3.8) is 0 Å². The highest BCUT2D eigenvalue weighted by atomic mass is 16.5. The summed E-state index contributed by atoms with van der Waals surface area (Å²) in [6.07, 6.45) is 0. The third-order valence-electron chi connectivity index (χ3n) is 2.97. The molecule has 5 heteroatoms. The molecule has 0 aliphatic rings. The lowest BCUT2D eigenvalue weighted by Crippen LogP contribution is -2.27. The molecule has 2 N–H and O–H groups in total. The number of anilines is 2. The summed E-state index contributed by atoms with van der Waals surface area (Å²) in [7, 11) is 1.67. The first kappa shape index (κ1) is 16.1. The van der Waals surface area contributed by atoms with Crippen molar-refractivity contribution in [1.82, 2.24) is 9.97 Å². The van der Waals surface area contributed by atoms with Gasteiger partial charge in [-0.15, -0.1) is 0 Å². The zero-order valence-corrected chi connectivity index (χ0v) is 13.9. The lowest BCUT2D eigenvalue weighted by atomic mass is 10.1. The normalized spacial score (nSPS) is 11.1. The van der Waals surface area contributed by atoms with Gasteiger partial charge in [-0.1, -0.05) is 12.1 Å². The van der Waals surface area contributed by atoms with Gasteiger partial charge >= 0.3 is 0 Å². The van der Waals surface area contributed by atoms with Crippen molar-refractivity contribution in [3.8, 4) is 5.75 Å². The molecule has 0 bridgehead atoms. The predicted octanol–water partition coefficient (Wildman–Crippen LogP) is 3.62. The van der Waals surface area contributed by atoms with E-state index in [0.717, 1.165) is 23.2 Å². The molecule has 118 valence electrons. The van der Waals surface area contributed by atoms with Crippen molar-refractivity contribution < 1.29 is 4.74 Å². The Morgan fingerprint density at radius 2 is 1.68 bits per heavy atom. The van der Waals surface area contributed by atoms with Crippen LogP contribution in [-0.2, 0) is 6.54 Å². The van der Waals surface area contributed by atoms with E-state index in [1.165, 1.54) is 5.56 Å². The van der Waals surface area contributed by atoms with Crippen molar-refractivity contribution >= 4 is 11.6 Å². The molecule has 1 aromatic carbocycles. The molecule has 2 rings (SSSR count). The Morgan fingerprint density at radius 1 is 1.05 bits per heavy atom. The zero-order valence-electron chi connectivity index (χ0n) is 13.9. The number of aryl methyl sites for hydroxylation is 1. The van der Waals surface area contributed by atoms with E-state index in [-0.39, 0.29) is 5.54 Å². The number of ether oxygens (including phenoxy) is 1. The maximum Gasteiger partial charge on any atom is 0.132 e. The summed E-state index contributed by atoms with van der Waals surface area (Å²) in [6.45, 7) is 8.92. The average molecular weight is 300 g/mol. The maximum absolute atomic E-state index is 5.16. The number of benzene rings is 1. The van der Waals surface area contributed by atoms with Gasteiger partial charge in [0.2, 0.25) is 0 Å². The Bertz CT molecular complexity index is 618. The molecule has 0 saturated carbocycles. The van der Waals surface area contributed by atoms with Gasteiger partial charge in [0, 0.05) is 18.2 Å². The summed E-state index contributed by atoms with van der Waals surface area (Å²) in [6, 6.07) is 9.91. The summed E-state index contributed by atoms with van der Waals surface area (Å²) in [4.78, 5) is 8.84. The topological polar surface area (TPSA) is 59.1 Å². The van der Waals surface area contributed by atoms with Gasteiger partial charge in [0.1, 0.15) is 23.2 Å². The largest absolute Gasteiger partial charge is 0.497 e. The highest BCUT2D eigenvalue weighted by Gasteiger charge is 2.11. The third-order valence-corrected chi connectivity index (χ3v) is 2.97. The van der Waals surface area contributed by atoms with Crippen molar-refractivity contribution in [2.24, 2.45) is 0 Å². The Labute approximate surface area is 132 Å². The van der Waals surface area contributed by atoms with Gasteiger partial charge in [-0.2, -0.15) is 0 Å². The molecule has 0 amide bonds. The van der Waals surface area contributed by atoms with Crippen LogP contribution < -0.4 is 15.4 Å². The van der Waals surface area contributed by atoms with Crippen LogP contribution in [0.5, 0.6) is 5.75 Å². The number of nitrogens with one attached hydrogen (secondary N) is 2. The van der Waals surface area contributed by atoms with Crippen LogP contribution in [0.4, 0.5) is 11.6 Å². The Morgan fingerprint density at radius 3 is 2.27 bits per heavy atom. The number of hydrogen-bond donors (Lipinski definition) is 2. The van der Waals surface area contributed by atoms with Gasteiger partial charge in [0.05, 0.1) is 7.11 Å². The Balaban J connectivity index is 2.05. The smallest absolute Gasteiger partial charge is 0.132 e. The monoisotopic (exact) mass is 300 g/mol. The van der Waals surface area contributed by atoms with E-state index in [0.29, 0.717) is 6.54 Å². The minimum Gasteiger partial charge on any atom is -0.497 e. The minimum absolute atomic E-state index is 0.0337. The summed E-state index contributed by atoms with van der Waals surface area (Å²) in [5.74, 6) is 3.25. The fourth-order valence-electron chi connectivity index (χ4n) is 2.04. The van der Waals surface area contributed by atoms with Crippen LogP contribution in [0, 0.1) is 6.92 Å². The van der Waals surface area contributed by atoms with Crippen molar-refractivity contribution in [1.29, 1.82) is 0 Å². The number of aromatic nitrogens is 2. The van der Waals surface area contributed by atoms with Crippen LogP contribution in [0.1, 0.15) is 32.2 Å². The van der Waals surface area contributed by atoms with Crippen molar-refractivity contribution in [2.75, 3.05) is 17.7 Å². The van der Waals surface area contributed by atoms with Gasteiger partial charge in [0.25, 0.3) is 0 Å². The number of nitrogens with zero attached hydrogens (tertiary/aromatic N) is 2. The van der Waals surface area contributed by atoms with Gasteiger partial charge in [-0.05, 0) is 45.4 Å². The van der Waals surface area contributed by atoms with Crippen LogP contribution in [0.25, 0.3) is 0 Å². The Kier molecular flexibility index (Phi) is 4.85. The molecule has 0 unspecified atom stereocenters. The van der Waals surface area contributed by atoms with Crippen LogP contribution in [0.3, 0.4) is 0 Å². The molecular formula is C17H24N4O. The first-order valence-electron chi connectivity index (χ1n) is 7.36. The molecule has 0 fully saturated rings. The van der Waals surface area contributed by atoms with Crippen LogP contribution in [0.15, 0.2) is 30.3 Å². The van der Waals surface area contributed by atoms with Crippen LogP contribution >= 0.6 is 0 Å². The lowest BCUT2D eigenvalue weighted by molar-refractivity contribution is 0.414. The maximum atomic E-state index is 5.16. The first-order valence-corrected chi connectivity index (χ1v) is 7.36. The highest BCUT2D eigenvalue weighted by Crippen LogP contribution is 2.17. The standard InChI is InChI=1S/C17H24N4O/c1-12-19-15(10-16(20-12)21-17(2,3)4)18-11-13-6-8-14(22-5)9-7-13/h6-10H,11H2,1-5H3,(H2,18,19,20,21). The Hall–Kier alpha value is -2.30. The molecular weight excluding hydrogens is 276 g/mol. The van der Waals surface area contributed by atoms with Gasteiger partial charge < -0.3 is 15.4 Å². The van der Waals surface area contributed by atoms with Crippen molar-refractivity contribution in [3.05, 3.63) is 41.7 Å². The third kappa shape index (κ3) is 4.91. The van der Waals surface area contributed by atoms with E-state index in [4.69, 9.17) is 4.74 Å². The highest BCUT2D eigenvalue weighted by molar-refractivity contribution is 5.49. The fraction of sp³-hybridized carbons (Fsp3) is 0.412. The molecule has 0 saturated heterocycles. The molecule has 1 heterocycles. The minimum atomic E-state index is -0.0337. The van der Waals surface area contributed by atoms with Gasteiger partial charge in [-0.3, -0.25) is 0 Å². The summed E-state index contributed by atoms with van der Waals surface area (Å²) in [5, 5.41) is 6.70. The molecule has 1 aromatic heterocycles. The second-order valence-corrected chi connectivity index (χ2v) is 6.26. The van der Waals surface area contributed by atoms with E-state index in [9.17, 15) is 0 Å². The zero-order chi connectivity index (χ0) is 16.2. The van der Waals surface area contributed by atoms with E-state index in [1.807, 2.05) is 37.3 Å². The summed E-state index contributed by atoms with van der Waals surface area (Å²) < 4.78 is 5.16. The van der Waals surface area contributed by atoms with Crippen LogP contribution in [0.2, 0.25) is 0 Å². The van der Waals surface area contributed by atoms with E-state index >= 15 is 0 Å². The second-order valence-electron chi connectivity index (χ2n) is 6.26. The number of methoxy groups -OCH3 is 1. The van der Waals surface area contributed by atoms with Crippen molar-refractivity contribution in [2.45, 2.75) is 39.8 Å². The molecule has 0 radical (unpaired) electrons. The molecule has 0 aliphatic carbocycles.